The summed E-state index contributed by atoms with van der Waals surface area (Å²) in [5, 5.41) is 3.19. The number of amides is 1. The fourth-order valence-corrected chi connectivity index (χ4v) is 3.47. The van der Waals surface area contributed by atoms with E-state index in [0.717, 1.165) is 30.4 Å². The summed E-state index contributed by atoms with van der Waals surface area (Å²) in [5.41, 5.74) is 1.72. The largest absolute Gasteiger partial charge is 0.493 e. The summed E-state index contributed by atoms with van der Waals surface area (Å²) in [6, 6.07) is 15.7. The summed E-state index contributed by atoms with van der Waals surface area (Å²) < 4.78 is 10.6. The third-order valence-corrected chi connectivity index (χ3v) is 5.22. The van der Waals surface area contributed by atoms with Crippen molar-refractivity contribution >= 4 is 5.91 Å². The maximum absolute atomic E-state index is 13.0. The number of carbonyl (C=O) groups is 1. The fraction of sp³-hybridized carbons (Fsp3) is 0.381. The Kier molecular flexibility index (Phi) is 4.98. The molecule has 25 heavy (non-hydrogen) atoms. The van der Waals surface area contributed by atoms with Crippen LogP contribution in [0.25, 0.3) is 0 Å². The summed E-state index contributed by atoms with van der Waals surface area (Å²) in [6.45, 7) is 2.00. The molecule has 1 N–H and O–H groups in total. The van der Waals surface area contributed by atoms with Gasteiger partial charge in [-0.05, 0) is 43.0 Å². The normalized spacial score (nSPS) is 16.4. The van der Waals surface area contributed by atoms with Crippen molar-refractivity contribution in [2.75, 3.05) is 14.2 Å². The minimum absolute atomic E-state index is 0.103. The Morgan fingerprint density at radius 2 is 1.72 bits per heavy atom. The molecule has 0 spiro atoms. The van der Waals surface area contributed by atoms with E-state index in [9.17, 15) is 4.79 Å². The molecular weight excluding hydrogens is 314 g/mol. The van der Waals surface area contributed by atoms with Crippen molar-refractivity contribution in [2.45, 2.75) is 37.6 Å². The monoisotopic (exact) mass is 339 g/mol. The Balaban J connectivity index is 1.78. The number of nitrogens with one attached hydrogen (secondary N) is 1. The Morgan fingerprint density at radius 3 is 2.28 bits per heavy atom. The lowest BCUT2D eigenvalue weighted by atomic mass is 9.63. The number of hydrogen-bond acceptors (Lipinski definition) is 3. The molecule has 0 aliphatic heterocycles. The molecule has 1 aliphatic rings. The summed E-state index contributed by atoms with van der Waals surface area (Å²) in [7, 11) is 3.23. The van der Waals surface area contributed by atoms with E-state index in [-0.39, 0.29) is 17.4 Å². The number of carbonyl (C=O) groups excluding carboxylic acids is 1. The van der Waals surface area contributed by atoms with Gasteiger partial charge in [-0.2, -0.15) is 0 Å². The zero-order chi connectivity index (χ0) is 17.9. The minimum Gasteiger partial charge on any atom is -0.493 e. The molecule has 3 rings (SSSR count). The number of benzene rings is 2. The SMILES string of the molecule is COc1ccc(C(C)NC(=O)C2(c3ccccc3)CCC2)cc1OC. The van der Waals surface area contributed by atoms with Crippen molar-refractivity contribution in [1.82, 2.24) is 5.32 Å². The first kappa shape index (κ1) is 17.3. The van der Waals surface area contributed by atoms with Crippen LogP contribution in [-0.4, -0.2) is 20.1 Å². The highest BCUT2D eigenvalue weighted by Gasteiger charge is 2.45. The highest BCUT2D eigenvalue weighted by molar-refractivity contribution is 5.89. The predicted molar refractivity (Wildman–Crippen MR) is 98.1 cm³/mol. The number of rotatable bonds is 6. The molecule has 1 atom stereocenters. The van der Waals surface area contributed by atoms with Gasteiger partial charge in [0.15, 0.2) is 11.5 Å². The molecule has 132 valence electrons. The minimum atomic E-state index is -0.383. The molecule has 2 aromatic carbocycles. The number of methoxy groups -OCH3 is 2. The molecule has 0 radical (unpaired) electrons. The van der Waals surface area contributed by atoms with Gasteiger partial charge in [-0.15, -0.1) is 0 Å². The van der Waals surface area contributed by atoms with Crippen LogP contribution in [0.2, 0.25) is 0 Å². The molecule has 0 bridgehead atoms. The van der Waals surface area contributed by atoms with Crippen LogP contribution in [0.5, 0.6) is 11.5 Å². The van der Waals surface area contributed by atoms with Crippen LogP contribution in [0.3, 0.4) is 0 Å². The van der Waals surface area contributed by atoms with E-state index in [1.165, 1.54) is 0 Å². The van der Waals surface area contributed by atoms with E-state index in [4.69, 9.17) is 9.47 Å². The third-order valence-electron chi connectivity index (χ3n) is 5.22. The van der Waals surface area contributed by atoms with E-state index < -0.39 is 0 Å². The first-order valence-corrected chi connectivity index (χ1v) is 8.69. The van der Waals surface area contributed by atoms with Gasteiger partial charge in [-0.3, -0.25) is 4.79 Å². The van der Waals surface area contributed by atoms with Crippen molar-refractivity contribution in [3.05, 3.63) is 59.7 Å². The van der Waals surface area contributed by atoms with E-state index >= 15 is 0 Å². The number of hydrogen-bond donors (Lipinski definition) is 1. The lowest BCUT2D eigenvalue weighted by Gasteiger charge is -2.41. The zero-order valence-corrected chi connectivity index (χ0v) is 15.0. The molecule has 1 unspecified atom stereocenters. The summed E-state index contributed by atoms with van der Waals surface area (Å²) >= 11 is 0. The van der Waals surface area contributed by atoms with E-state index in [0.29, 0.717) is 11.5 Å². The Morgan fingerprint density at radius 1 is 1.04 bits per heavy atom. The van der Waals surface area contributed by atoms with Crippen molar-refractivity contribution in [2.24, 2.45) is 0 Å². The maximum atomic E-state index is 13.0. The Hall–Kier alpha value is -2.49. The lowest BCUT2D eigenvalue weighted by Crippen LogP contribution is -2.49. The number of ether oxygens (including phenoxy) is 2. The molecule has 0 saturated heterocycles. The standard InChI is InChI=1S/C21H25NO3/c1-15(16-10-11-18(24-2)19(14-16)25-3)22-20(23)21(12-7-13-21)17-8-5-4-6-9-17/h4-6,8-11,14-15H,7,12-13H2,1-3H3,(H,22,23). The second kappa shape index (κ2) is 7.18. The van der Waals surface area contributed by atoms with Gasteiger partial charge in [-0.25, -0.2) is 0 Å². The van der Waals surface area contributed by atoms with E-state index in [2.05, 4.69) is 17.4 Å². The van der Waals surface area contributed by atoms with Crippen LogP contribution in [0.1, 0.15) is 43.4 Å². The topological polar surface area (TPSA) is 47.6 Å². The molecule has 0 heterocycles. The van der Waals surface area contributed by atoms with Gasteiger partial charge in [0.2, 0.25) is 5.91 Å². The van der Waals surface area contributed by atoms with Crippen LogP contribution in [0, 0.1) is 0 Å². The Labute approximate surface area is 149 Å². The smallest absolute Gasteiger partial charge is 0.231 e. The first-order valence-electron chi connectivity index (χ1n) is 8.69. The highest BCUT2D eigenvalue weighted by atomic mass is 16.5. The van der Waals surface area contributed by atoms with Gasteiger partial charge in [0, 0.05) is 0 Å². The molecule has 1 amide bonds. The summed E-state index contributed by atoms with van der Waals surface area (Å²) in [5.74, 6) is 1.46. The maximum Gasteiger partial charge on any atom is 0.231 e. The van der Waals surface area contributed by atoms with Crippen molar-refractivity contribution in [1.29, 1.82) is 0 Å². The molecule has 2 aromatic rings. The second-order valence-electron chi connectivity index (χ2n) is 6.61. The zero-order valence-electron chi connectivity index (χ0n) is 15.0. The molecule has 4 heteroatoms. The summed E-state index contributed by atoms with van der Waals surface area (Å²) in [4.78, 5) is 13.0. The molecule has 0 aromatic heterocycles. The van der Waals surface area contributed by atoms with Gasteiger partial charge < -0.3 is 14.8 Å². The second-order valence-corrected chi connectivity index (χ2v) is 6.61. The highest BCUT2D eigenvalue weighted by Crippen LogP contribution is 2.44. The lowest BCUT2D eigenvalue weighted by molar-refractivity contribution is -0.130. The fourth-order valence-electron chi connectivity index (χ4n) is 3.47. The van der Waals surface area contributed by atoms with Crippen LogP contribution in [0.15, 0.2) is 48.5 Å². The first-order chi connectivity index (χ1) is 12.1. The van der Waals surface area contributed by atoms with Crippen LogP contribution in [0.4, 0.5) is 0 Å². The Bertz CT molecular complexity index is 738. The van der Waals surface area contributed by atoms with Gasteiger partial charge in [-0.1, -0.05) is 42.8 Å². The third kappa shape index (κ3) is 3.21. The molecule has 4 nitrogen and oxygen atoms in total. The molecule has 1 aliphatic carbocycles. The molecular formula is C21H25NO3. The van der Waals surface area contributed by atoms with Crippen molar-refractivity contribution < 1.29 is 14.3 Å². The quantitative estimate of drug-likeness (QED) is 0.865. The van der Waals surface area contributed by atoms with Crippen molar-refractivity contribution in [3.63, 3.8) is 0 Å². The molecule has 1 fully saturated rings. The van der Waals surface area contributed by atoms with Crippen molar-refractivity contribution in [3.8, 4) is 11.5 Å². The van der Waals surface area contributed by atoms with Crippen LogP contribution >= 0.6 is 0 Å². The van der Waals surface area contributed by atoms with Gasteiger partial charge >= 0.3 is 0 Å². The predicted octanol–water partition coefficient (Wildman–Crippen LogP) is 4.00. The average molecular weight is 339 g/mol. The summed E-state index contributed by atoms with van der Waals surface area (Å²) in [6.07, 6.45) is 2.90. The van der Waals surface area contributed by atoms with E-state index in [1.807, 2.05) is 43.3 Å². The van der Waals surface area contributed by atoms with E-state index in [1.54, 1.807) is 14.2 Å². The van der Waals surface area contributed by atoms with Gasteiger partial charge in [0.05, 0.1) is 25.7 Å². The average Bonchev–Trinajstić information content (AvgIpc) is 2.61. The van der Waals surface area contributed by atoms with Crippen LogP contribution in [-0.2, 0) is 10.2 Å². The van der Waals surface area contributed by atoms with Gasteiger partial charge in [0.1, 0.15) is 0 Å². The molecule has 1 saturated carbocycles. The van der Waals surface area contributed by atoms with Crippen LogP contribution < -0.4 is 14.8 Å². The van der Waals surface area contributed by atoms with Gasteiger partial charge in [0.25, 0.3) is 0 Å².